The Morgan fingerprint density at radius 1 is 1.32 bits per heavy atom. The van der Waals surface area contributed by atoms with Gasteiger partial charge in [-0.25, -0.2) is 13.2 Å². The molecule has 13 heteroatoms. The number of imide groups is 1. The Hall–Kier alpha value is -1.86. The molecule has 31 heavy (non-hydrogen) atoms. The Kier molecular flexibility index (Phi) is 7.81. The molecule has 0 bridgehead atoms. The van der Waals surface area contributed by atoms with Crippen molar-refractivity contribution in [2.75, 3.05) is 50.2 Å². The van der Waals surface area contributed by atoms with Crippen LogP contribution >= 0.6 is 23.4 Å². The van der Waals surface area contributed by atoms with Crippen molar-refractivity contribution in [3.8, 4) is 0 Å². The summed E-state index contributed by atoms with van der Waals surface area (Å²) in [6, 6.07) is 2.81. The molecule has 0 saturated carbocycles. The summed E-state index contributed by atoms with van der Waals surface area (Å²) >= 11 is 7.66. The van der Waals surface area contributed by atoms with Crippen LogP contribution in [0.5, 0.6) is 0 Å². The summed E-state index contributed by atoms with van der Waals surface area (Å²) in [6.45, 7) is 0.515. The number of benzene rings is 1. The van der Waals surface area contributed by atoms with Gasteiger partial charge in [-0.15, -0.1) is 0 Å². The van der Waals surface area contributed by atoms with Gasteiger partial charge in [0.1, 0.15) is 17.5 Å². The summed E-state index contributed by atoms with van der Waals surface area (Å²) in [4.78, 5) is 37.5. The number of amides is 4. The zero-order chi connectivity index (χ0) is 22.6. The first-order valence-electron chi connectivity index (χ1n) is 9.52. The number of morpholine rings is 1. The van der Waals surface area contributed by atoms with Crippen LogP contribution < -0.4 is 10.6 Å². The van der Waals surface area contributed by atoms with E-state index in [0.29, 0.717) is 12.2 Å². The van der Waals surface area contributed by atoms with Crippen molar-refractivity contribution in [3.63, 3.8) is 0 Å². The van der Waals surface area contributed by atoms with Gasteiger partial charge in [0.05, 0.1) is 18.2 Å². The zero-order valence-electron chi connectivity index (χ0n) is 16.8. The fraction of sp³-hybridized carbons (Fsp3) is 0.500. The molecule has 2 aliphatic heterocycles. The van der Waals surface area contributed by atoms with E-state index in [1.54, 1.807) is 11.8 Å². The average molecular weight is 491 g/mol. The first-order valence-corrected chi connectivity index (χ1v) is 12.7. The number of hydrogen-bond donors (Lipinski definition) is 2. The summed E-state index contributed by atoms with van der Waals surface area (Å²) in [5.41, 5.74) is 0.187. The lowest BCUT2D eigenvalue weighted by atomic mass is 10.2. The first-order chi connectivity index (χ1) is 14.7. The van der Waals surface area contributed by atoms with Gasteiger partial charge in [-0.2, -0.15) is 16.1 Å². The van der Waals surface area contributed by atoms with Gasteiger partial charge in [0.25, 0.3) is 5.91 Å². The first kappa shape index (κ1) is 23.8. The second kappa shape index (κ2) is 10.2. The lowest BCUT2D eigenvalue weighted by Gasteiger charge is -2.26. The van der Waals surface area contributed by atoms with Gasteiger partial charge in [0.2, 0.25) is 15.9 Å². The van der Waals surface area contributed by atoms with Gasteiger partial charge in [-0.3, -0.25) is 14.5 Å². The van der Waals surface area contributed by atoms with Crippen molar-refractivity contribution < 1.29 is 27.5 Å². The summed E-state index contributed by atoms with van der Waals surface area (Å²) in [5.74, 6) is -0.394. The van der Waals surface area contributed by atoms with Crippen molar-refractivity contribution in [2.24, 2.45) is 0 Å². The fourth-order valence-corrected chi connectivity index (χ4v) is 5.59. The van der Waals surface area contributed by atoms with E-state index in [-0.39, 0.29) is 41.9 Å². The summed E-state index contributed by atoms with van der Waals surface area (Å²) in [6.07, 6.45) is 2.37. The number of carbonyl (C=O) groups is 3. The van der Waals surface area contributed by atoms with Gasteiger partial charge in [0.15, 0.2) is 0 Å². The zero-order valence-corrected chi connectivity index (χ0v) is 19.2. The molecule has 3 rings (SSSR count). The van der Waals surface area contributed by atoms with Crippen LogP contribution in [-0.2, 0) is 24.3 Å². The third-order valence-corrected chi connectivity index (χ3v) is 7.85. The van der Waals surface area contributed by atoms with Crippen LogP contribution in [0, 0.1) is 0 Å². The maximum Gasteiger partial charge on any atom is 0.325 e. The van der Waals surface area contributed by atoms with Crippen LogP contribution in [0.4, 0.5) is 10.5 Å². The van der Waals surface area contributed by atoms with Crippen molar-refractivity contribution in [2.45, 2.75) is 17.4 Å². The molecule has 0 spiro atoms. The molecule has 170 valence electrons. The number of ether oxygens (including phenoxy) is 1. The van der Waals surface area contributed by atoms with E-state index < -0.39 is 40.5 Å². The summed E-state index contributed by atoms with van der Waals surface area (Å²) in [7, 11) is -3.87. The van der Waals surface area contributed by atoms with Crippen molar-refractivity contribution in [3.05, 3.63) is 23.2 Å². The standard InChI is InChI=1S/C18H23ClN4O6S2/c1-30-9-4-14-17(25)23(18(26)21-14)11-16(24)20-12-2-3-13(19)15(10-12)31(27,28)22-5-7-29-8-6-22/h2-3,10,14H,4-9,11H2,1H3,(H,20,24)(H,21,26)/t14-/m0/s1. The molecule has 0 unspecified atom stereocenters. The van der Waals surface area contributed by atoms with E-state index in [9.17, 15) is 22.8 Å². The smallest absolute Gasteiger partial charge is 0.325 e. The summed E-state index contributed by atoms with van der Waals surface area (Å²) in [5, 5.41) is 5.11. The van der Waals surface area contributed by atoms with Crippen LogP contribution in [0.15, 0.2) is 23.1 Å². The van der Waals surface area contributed by atoms with E-state index in [0.717, 1.165) is 4.90 Å². The average Bonchev–Trinajstić information content (AvgIpc) is 3.01. The molecular formula is C18H23ClN4O6S2. The Bertz CT molecular complexity index is 968. The van der Waals surface area contributed by atoms with Crippen LogP contribution in [0.2, 0.25) is 5.02 Å². The van der Waals surface area contributed by atoms with E-state index >= 15 is 0 Å². The molecule has 1 atom stereocenters. The number of halogens is 1. The second-order valence-corrected chi connectivity index (χ2v) is 10.2. The number of thioether (sulfide) groups is 1. The Morgan fingerprint density at radius 2 is 2.03 bits per heavy atom. The summed E-state index contributed by atoms with van der Waals surface area (Å²) < 4.78 is 32.3. The molecule has 0 aliphatic carbocycles. The monoisotopic (exact) mass is 490 g/mol. The lowest BCUT2D eigenvalue weighted by molar-refractivity contribution is -0.130. The third kappa shape index (κ3) is 5.50. The number of carbonyl (C=O) groups excluding carboxylic acids is 3. The molecule has 1 aromatic carbocycles. The van der Waals surface area contributed by atoms with Crippen molar-refractivity contribution in [1.29, 1.82) is 0 Å². The number of sulfonamides is 1. The minimum atomic E-state index is -3.87. The van der Waals surface area contributed by atoms with Gasteiger partial charge in [0, 0.05) is 18.8 Å². The molecule has 10 nitrogen and oxygen atoms in total. The van der Waals surface area contributed by atoms with Gasteiger partial charge in [-0.1, -0.05) is 11.6 Å². The predicted octanol–water partition coefficient (Wildman–Crippen LogP) is 0.973. The highest BCUT2D eigenvalue weighted by Gasteiger charge is 2.38. The molecule has 0 radical (unpaired) electrons. The lowest BCUT2D eigenvalue weighted by Crippen LogP contribution is -2.40. The quantitative estimate of drug-likeness (QED) is 0.520. The van der Waals surface area contributed by atoms with E-state index in [2.05, 4.69) is 10.6 Å². The molecule has 2 N–H and O–H groups in total. The number of nitrogens with zero attached hydrogens (tertiary/aromatic N) is 2. The molecule has 4 amide bonds. The Labute approximate surface area is 189 Å². The van der Waals surface area contributed by atoms with E-state index in [4.69, 9.17) is 16.3 Å². The molecule has 1 aromatic rings. The molecule has 2 fully saturated rings. The topological polar surface area (TPSA) is 125 Å². The van der Waals surface area contributed by atoms with Crippen LogP contribution in [0.25, 0.3) is 0 Å². The van der Waals surface area contributed by atoms with Crippen LogP contribution in [-0.4, -0.2) is 86.4 Å². The fourth-order valence-electron chi connectivity index (χ4n) is 3.21. The normalized spacial score (nSPS) is 20.1. The van der Waals surface area contributed by atoms with Gasteiger partial charge >= 0.3 is 6.03 Å². The van der Waals surface area contributed by atoms with Crippen molar-refractivity contribution in [1.82, 2.24) is 14.5 Å². The number of rotatable bonds is 8. The molecule has 2 aliphatic rings. The van der Waals surface area contributed by atoms with E-state index in [1.165, 1.54) is 22.5 Å². The molecule has 2 heterocycles. The second-order valence-electron chi connectivity index (χ2n) is 6.92. The largest absolute Gasteiger partial charge is 0.379 e. The molecule has 0 aromatic heterocycles. The van der Waals surface area contributed by atoms with E-state index in [1.807, 2.05) is 6.26 Å². The third-order valence-electron chi connectivity index (χ3n) is 4.82. The Balaban J connectivity index is 1.69. The highest BCUT2D eigenvalue weighted by Crippen LogP contribution is 2.28. The highest BCUT2D eigenvalue weighted by molar-refractivity contribution is 7.98. The Morgan fingerprint density at radius 3 is 2.71 bits per heavy atom. The SMILES string of the molecule is CSCC[C@@H]1NC(=O)N(CC(=O)Nc2ccc(Cl)c(S(=O)(=O)N3CCOCC3)c2)C1=O. The maximum absolute atomic E-state index is 12.9. The van der Waals surface area contributed by atoms with Crippen LogP contribution in [0.1, 0.15) is 6.42 Å². The molecular weight excluding hydrogens is 468 g/mol. The van der Waals surface area contributed by atoms with Crippen molar-refractivity contribution >= 4 is 56.9 Å². The molecule has 2 saturated heterocycles. The predicted molar refractivity (Wildman–Crippen MR) is 117 cm³/mol. The van der Waals surface area contributed by atoms with Crippen LogP contribution in [0.3, 0.4) is 0 Å². The minimum absolute atomic E-state index is 0.0234. The number of hydrogen-bond acceptors (Lipinski definition) is 7. The van der Waals surface area contributed by atoms with Gasteiger partial charge < -0.3 is 15.4 Å². The number of nitrogens with one attached hydrogen (secondary N) is 2. The number of urea groups is 1. The minimum Gasteiger partial charge on any atom is -0.379 e. The van der Waals surface area contributed by atoms with Gasteiger partial charge in [-0.05, 0) is 36.6 Å². The highest BCUT2D eigenvalue weighted by atomic mass is 35.5. The number of anilines is 1. The maximum atomic E-state index is 12.9.